The van der Waals surface area contributed by atoms with E-state index in [1.807, 2.05) is 49.5 Å². The number of aromatic nitrogens is 1. The minimum Gasteiger partial charge on any atom is -0.399 e. The molecular formula is C17H21N3O. The van der Waals surface area contributed by atoms with Gasteiger partial charge >= 0.3 is 0 Å². The van der Waals surface area contributed by atoms with Crippen molar-refractivity contribution in [3.05, 3.63) is 59.9 Å². The van der Waals surface area contributed by atoms with Crippen LogP contribution in [-0.4, -0.2) is 29.4 Å². The van der Waals surface area contributed by atoms with Crippen LogP contribution >= 0.6 is 0 Å². The third-order valence-electron chi connectivity index (χ3n) is 3.46. The summed E-state index contributed by atoms with van der Waals surface area (Å²) in [6.45, 7) is 0.692. The third kappa shape index (κ3) is 4.91. The summed E-state index contributed by atoms with van der Waals surface area (Å²) in [6, 6.07) is 13.5. The van der Waals surface area contributed by atoms with Crippen LogP contribution in [-0.2, 0) is 17.6 Å². The molecule has 0 aliphatic heterocycles. The Labute approximate surface area is 125 Å². The molecule has 0 saturated carbocycles. The molecular weight excluding hydrogens is 262 g/mol. The fourth-order valence-corrected chi connectivity index (χ4v) is 2.08. The number of pyridine rings is 1. The lowest BCUT2D eigenvalue weighted by Gasteiger charge is -2.17. The smallest absolute Gasteiger partial charge is 0.222 e. The van der Waals surface area contributed by atoms with E-state index in [2.05, 4.69) is 4.98 Å². The van der Waals surface area contributed by atoms with Gasteiger partial charge in [0.2, 0.25) is 5.91 Å². The predicted molar refractivity (Wildman–Crippen MR) is 84.8 cm³/mol. The molecule has 21 heavy (non-hydrogen) atoms. The van der Waals surface area contributed by atoms with E-state index in [4.69, 9.17) is 5.73 Å². The maximum atomic E-state index is 12.1. The molecule has 1 heterocycles. The first-order chi connectivity index (χ1) is 10.1. The molecule has 0 spiro atoms. The van der Waals surface area contributed by atoms with Crippen molar-refractivity contribution in [3.8, 4) is 0 Å². The van der Waals surface area contributed by atoms with Gasteiger partial charge < -0.3 is 10.6 Å². The minimum absolute atomic E-state index is 0.155. The van der Waals surface area contributed by atoms with E-state index < -0.39 is 0 Å². The monoisotopic (exact) mass is 283 g/mol. The summed E-state index contributed by atoms with van der Waals surface area (Å²) in [4.78, 5) is 18.1. The number of carbonyl (C=O) groups excluding carboxylic acids is 1. The van der Waals surface area contributed by atoms with Crippen molar-refractivity contribution < 1.29 is 4.79 Å². The third-order valence-corrected chi connectivity index (χ3v) is 3.46. The van der Waals surface area contributed by atoms with Crippen LogP contribution in [0, 0.1) is 0 Å². The number of hydrogen-bond acceptors (Lipinski definition) is 3. The van der Waals surface area contributed by atoms with Crippen LogP contribution in [0.5, 0.6) is 0 Å². The molecule has 0 bridgehead atoms. The summed E-state index contributed by atoms with van der Waals surface area (Å²) in [6.07, 6.45) is 3.82. The summed E-state index contributed by atoms with van der Waals surface area (Å²) in [5.41, 5.74) is 8.54. The summed E-state index contributed by atoms with van der Waals surface area (Å²) in [5.74, 6) is 0.155. The lowest BCUT2D eigenvalue weighted by Crippen LogP contribution is -2.29. The zero-order valence-corrected chi connectivity index (χ0v) is 12.3. The molecule has 0 fully saturated rings. The fraction of sp³-hybridized carbons (Fsp3) is 0.294. The van der Waals surface area contributed by atoms with Crippen molar-refractivity contribution in [2.45, 2.75) is 19.3 Å². The average molecular weight is 283 g/mol. The summed E-state index contributed by atoms with van der Waals surface area (Å²) in [5, 5.41) is 0. The number of benzene rings is 1. The van der Waals surface area contributed by atoms with E-state index in [0.717, 1.165) is 29.8 Å². The van der Waals surface area contributed by atoms with E-state index in [1.165, 1.54) is 0 Å². The van der Waals surface area contributed by atoms with E-state index in [9.17, 15) is 4.79 Å². The molecule has 0 aliphatic rings. The Kier molecular flexibility index (Phi) is 5.32. The molecule has 1 amide bonds. The number of carbonyl (C=O) groups is 1. The van der Waals surface area contributed by atoms with Gasteiger partial charge in [0.15, 0.2) is 0 Å². The topological polar surface area (TPSA) is 59.2 Å². The number of anilines is 1. The second-order valence-corrected chi connectivity index (χ2v) is 5.13. The molecule has 4 heteroatoms. The Balaban J connectivity index is 1.76. The van der Waals surface area contributed by atoms with Gasteiger partial charge in [-0.2, -0.15) is 0 Å². The molecule has 0 atom stereocenters. The molecule has 1 aromatic heterocycles. The number of nitrogen functional groups attached to an aromatic ring is 1. The number of likely N-dealkylation sites (N-methyl/N-ethyl adjacent to an activating group) is 1. The first-order valence-corrected chi connectivity index (χ1v) is 7.13. The Morgan fingerprint density at radius 3 is 2.57 bits per heavy atom. The quantitative estimate of drug-likeness (QED) is 0.828. The number of nitrogens with two attached hydrogens (primary N) is 1. The SMILES string of the molecule is CN(CCc1ccccn1)C(=O)CCc1ccc(N)cc1. The molecule has 0 saturated heterocycles. The first-order valence-electron chi connectivity index (χ1n) is 7.13. The second-order valence-electron chi connectivity index (χ2n) is 5.13. The van der Waals surface area contributed by atoms with Crippen LogP contribution < -0.4 is 5.73 Å². The Morgan fingerprint density at radius 1 is 1.14 bits per heavy atom. The minimum atomic E-state index is 0.155. The number of amides is 1. The fourth-order valence-electron chi connectivity index (χ4n) is 2.08. The van der Waals surface area contributed by atoms with E-state index in [1.54, 1.807) is 11.1 Å². The van der Waals surface area contributed by atoms with Gasteiger partial charge in [-0.3, -0.25) is 9.78 Å². The van der Waals surface area contributed by atoms with Crippen molar-refractivity contribution in [1.29, 1.82) is 0 Å². The zero-order chi connectivity index (χ0) is 15.1. The molecule has 0 unspecified atom stereocenters. The van der Waals surface area contributed by atoms with E-state index in [0.29, 0.717) is 13.0 Å². The van der Waals surface area contributed by atoms with Crippen LogP contribution in [0.2, 0.25) is 0 Å². The molecule has 2 N–H and O–H groups in total. The van der Waals surface area contributed by atoms with Crippen LogP contribution in [0.1, 0.15) is 17.7 Å². The van der Waals surface area contributed by atoms with E-state index >= 15 is 0 Å². The lowest BCUT2D eigenvalue weighted by atomic mass is 10.1. The molecule has 0 aliphatic carbocycles. The van der Waals surface area contributed by atoms with Gasteiger partial charge in [-0.25, -0.2) is 0 Å². The average Bonchev–Trinajstić information content (AvgIpc) is 2.52. The van der Waals surface area contributed by atoms with Crippen LogP contribution in [0.25, 0.3) is 0 Å². The van der Waals surface area contributed by atoms with Gasteiger partial charge in [0.25, 0.3) is 0 Å². The van der Waals surface area contributed by atoms with Crippen molar-refractivity contribution in [2.75, 3.05) is 19.3 Å². The highest BCUT2D eigenvalue weighted by Crippen LogP contribution is 2.08. The maximum Gasteiger partial charge on any atom is 0.222 e. The van der Waals surface area contributed by atoms with E-state index in [-0.39, 0.29) is 5.91 Å². The Hall–Kier alpha value is -2.36. The van der Waals surface area contributed by atoms with Gasteiger partial charge in [-0.1, -0.05) is 18.2 Å². The second kappa shape index (κ2) is 7.43. The number of rotatable bonds is 6. The standard InChI is InChI=1S/C17H21N3O/c1-20(13-11-16-4-2-3-12-19-16)17(21)10-7-14-5-8-15(18)9-6-14/h2-6,8-9,12H,7,10-11,13,18H2,1H3. The molecule has 2 aromatic rings. The lowest BCUT2D eigenvalue weighted by molar-refractivity contribution is -0.129. The maximum absolute atomic E-state index is 12.1. The highest BCUT2D eigenvalue weighted by molar-refractivity contribution is 5.76. The Bertz CT molecular complexity index is 566. The highest BCUT2D eigenvalue weighted by atomic mass is 16.2. The van der Waals surface area contributed by atoms with Crippen LogP contribution in [0.3, 0.4) is 0 Å². The number of aryl methyl sites for hydroxylation is 1. The molecule has 4 nitrogen and oxygen atoms in total. The largest absolute Gasteiger partial charge is 0.399 e. The predicted octanol–water partition coefficient (Wildman–Crippen LogP) is 2.30. The van der Waals surface area contributed by atoms with Gasteiger partial charge in [0, 0.05) is 44.0 Å². The Morgan fingerprint density at radius 2 is 1.90 bits per heavy atom. The normalized spacial score (nSPS) is 10.3. The van der Waals surface area contributed by atoms with Gasteiger partial charge in [0.1, 0.15) is 0 Å². The van der Waals surface area contributed by atoms with Gasteiger partial charge in [-0.15, -0.1) is 0 Å². The van der Waals surface area contributed by atoms with Gasteiger partial charge in [0.05, 0.1) is 0 Å². The zero-order valence-electron chi connectivity index (χ0n) is 12.3. The molecule has 0 radical (unpaired) electrons. The summed E-state index contributed by atoms with van der Waals surface area (Å²) in [7, 11) is 1.84. The summed E-state index contributed by atoms with van der Waals surface area (Å²) < 4.78 is 0. The molecule has 110 valence electrons. The molecule has 2 rings (SSSR count). The van der Waals surface area contributed by atoms with Crippen molar-refractivity contribution in [2.24, 2.45) is 0 Å². The first kappa shape index (κ1) is 15.0. The highest BCUT2D eigenvalue weighted by Gasteiger charge is 2.09. The van der Waals surface area contributed by atoms with Crippen LogP contribution in [0.15, 0.2) is 48.7 Å². The van der Waals surface area contributed by atoms with Crippen molar-refractivity contribution >= 4 is 11.6 Å². The number of nitrogens with zero attached hydrogens (tertiary/aromatic N) is 2. The van der Waals surface area contributed by atoms with Crippen molar-refractivity contribution in [3.63, 3.8) is 0 Å². The summed E-state index contributed by atoms with van der Waals surface area (Å²) >= 11 is 0. The van der Waals surface area contributed by atoms with Crippen molar-refractivity contribution in [1.82, 2.24) is 9.88 Å². The number of hydrogen-bond donors (Lipinski definition) is 1. The van der Waals surface area contributed by atoms with Crippen LogP contribution in [0.4, 0.5) is 5.69 Å². The van der Waals surface area contributed by atoms with Gasteiger partial charge in [-0.05, 0) is 36.2 Å². The molecule has 1 aromatic carbocycles.